The van der Waals surface area contributed by atoms with E-state index in [4.69, 9.17) is 4.74 Å². The van der Waals surface area contributed by atoms with Gasteiger partial charge in [-0.15, -0.1) is 0 Å². The number of hydrogen-bond acceptors (Lipinski definition) is 4. The Morgan fingerprint density at radius 1 is 1.41 bits per heavy atom. The van der Waals surface area contributed by atoms with Crippen molar-refractivity contribution in [3.8, 4) is 0 Å². The van der Waals surface area contributed by atoms with Crippen LogP contribution in [0.4, 0.5) is 0 Å². The number of esters is 1. The molecule has 4 heteroatoms. The highest BCUT2D eigenvalue weighted by molar-refractivity contribution is 5.81. The second-order valence-electron chi connectivity index (χ2n) is 5.42. The minimum atomic E-state index is -0.506. The summed E-state index contributed by atoms with van der Waals surface area (Å²) in [4.78, 5) is 14.5. The Balaban J connectivity index is 2.78. The molecule has 1 rings (SSSR count). The molecule has 1 saturated heterocycles. The van der Waals surface area contributed by atoms with Gasteiger partial charge in [-0.25, -0.2) is 4.79 Å². The van der Waals surface area contributed by atoms with E-state index in [1.165, 1.54) is 0 Å². The Labute approximate surface area is 105 Å². The monoisotopic (exact) mass is 242 g/mol. The lowest BCUT2D eigenvalue weighted by molar-refractivity contribution is -0.151. The zero-order valence-corrected chi connectivity index (χ0v) is 11.7. The molecule has 100 valence electrons. The predicted molar refractivity (Wildman–Crippen MR) is 69.0 cm³/mol. The Morgan fingerprint density at radius 2 is 2.06 bits per heavy atom. The number of likely N-dealkylation sites (tertiary alicyclic amines) is 1. The van der Waals surface area contributed by atoms with Crippen LogP contribution in [0.25, 0.3) is 0 Å². The van der Waals surface area contributed by atoms with Gasteiger partial charge in [0.05, 0.1) is 6.61 Å². The van der Waals surface area contributed by atoms with Crippen molar-refractivity contribution in [2.45, 2.75) is 58.7 Å². The summed E-state index contributed by atoms with van der Waals surface area (Å²) in [5.41, 5.74) is -0.506. The molecule has 1 heterocycles. The number of carbonyl (C=O) groups is 1. The summed E-state index contributed by atoms with van der Waals surface area (Å²) in [6.45, 7) is 12.5. The van der Waals surface area contributed by atoms with Gasteiger partial charge in [0.2, 0.25) is 0 Å². The third-order valence-electron chi connectivity index (χ3n) is 3.26. The highest BCUT2D eigenvalue weighted by Gasteiger charge is 2.46. The van der Waals surface area contributed by atoms with E-state index in [-0.39, 0.29) is 12.0 Å². The molecule has 0 aromatic heterocycles. The SMILES string of the molecule is CCOC(=O)C1(NC(C)C)CCN(C(C)C)C1. The second kappa shape index (κ2) is 5.83. The number of ether oxygens (including phenoxy) is 1. The number of rotatable bonds is 5. The predicted octanol–water partition coefficient (Wildman–Crippen LogP) is 1.40. The first-order valence-corrected chi connectivity index (χ1v) is 6.60. The Hall–Kier alpha value is -0.610. The molecule has 0 aliphatic carbocycles. The molecule has 17 heavy (non-hydrogen) atoms. The molecule has 0 bridgehead atoms. The average molecular weight is 242 g/mol. The molecule has 1 fully saturated rings. The summed E-state index contributed by atoms with van der Waals surface area (Å²) < 4.78 is 5.23. The Bertz CT molecular complexity index is 266. The lowest BCUT2D eigenvalue weighted by Gasteiger charge is -2.31. The zero-order valence-electron chi connectivity index (χ0n) is 11.7. The molecule has 1 aliphatic heterocycles. The molecular weight excluding hydrogens is 216 g/mol. The Kier molecular flexibility index (Phi) is 4.95. The second-order valence-corrected chi connectivity index (χ2v) is 5.42. The van der Waals surface area contributed by atoms with Gasteiger partial charge in [-0.1, -0.05) is 0 Å². The first-order valence-electron chi connectivity index (χ1n) is 6.60. The molecule has 1 unspecified atom stereocenters. The van der Waals surface area contributed by atoms with Crippen LogP contribution >= 0.6 is 0 Å². The minimum absolute atomic E-state index is 0.100. The smallest absolute Gasteiger partial charge is 0.327 e. The molecule has 0 aromatic rings. The van der Waals surface area contributed by atoms with Crippen molar-refractivity contribution in [1.29, 1.82) is 0 Å². The van der Waals surface area contributed by atoms with Gasteiger partial charge in [0.1, 0.15) is 5.54 Å². The van der Waals surface area contributed by atoms with Crippen molar-refractivity contribution in [1.82, 2.24) is 10.2 Å². The van der Waals surface area contributed by atoms with Crippen LogP contribution < -0.4 is 5.32 Å². The fourth-order valence-electron chi connectivity index (χ4n) is 2.45. The fourth-order valence-corrected chi connectivity index (χ4v) is 2.45. The molecule has 0 amide bonds. The third-order valence-corrected chi connectivity index (χ3v) is 3.26. The van der Waals surface area contributed by atoms with Gasteiger partial charge in [0.25, 0.3) is 0 Å². The number of hydrogen-bond donors (Lipinski definition) is 1. The molecule has 0 aromatic carbocycles. The lowest BCUT2D eigenvalue weighted by atomic mass is 9.97. The standard InChI is InChI=1S/C13H26N2O2/c1-6-17-12(16)13(14-10(2)3)7-8-15(9-13)11(4)5/h10-11,14H,6-9H2,1-5H3. The largest absolute Gasteiger partial charge is 0.465 e. The van der Waals surface area contributed by atoms with Crippen LogP contribution in [0.5, 0.6) is 0 Å². The van der Waals surface area contributed by atoms with Crippen molar-refractivity contribution < 1.29 is 9.53 Å². The summed E-state index contributed by atoms with van der Waals surface area (Å²) >= 11 is 0. The van der Waals surface area contributed by atoms with Crippen LogP contribution in [0.1, 0.15) is 41.0 Å². The van der Waals surface area contributed by atoms with Crippen molar-refractivity contribution in [3.05, 3.63) is 0 Å². The quantitative estimate of drug-likeness (QED) is 0.740. The summed E-state index contributed by atoms with van der Waals surface area (Å²) in [6.07, 6.45) is 0.836. The van der Waals surface area contributed by atoms with E-state index >= 15 is 0 Å². The van der Waals surface area contributed by atoms with Crippen LogP contribution in [0.3, 0.4) is 0 Å². The maximum Gasteiger partial charge on any atom is 0.327 e. The van der Waals surface area contributed by atoms with Gasteiger partial charge in [-0.3, -0.25) is 10.2 Å². The highest BCUT2D eigenvalue weighted by Crippen LogP contribution is 2.25. The average Bonchev–Trinajstić information content (AvgIpc) is 2.63. The van der Waals surface area contributed by atoms with Crippen molar-refractivity contribution in [3.63, 3.8) is 0 Å². The molecule has 0 radical (unpaired) electrons. The van der Waals surface area contributed by atoms with Gasteiger partial charge in [-0.2, -0.15) is 0 Å². The summed E-state index contributed by atoms with van der Waals surface area (Å²) in [5.74, 6) is -0.100. The topological polar surface area (TPSA) is 41.6 Å². The van der Waals surface area contributed by atoms with E-state index in [0.717, 1.165) is 19.5 Å². The maximum atomic E-state index is 12.2. The van der Waals surface area contributed by atoms with Gasteiger partial charge < -0.3 is 4.74 Å². The van der Waals surface area contributed by atoms with E-state index < -0.39 is 5.54 Å². The molecular formula is C13H26N2O2. The van der Waals surface area contributed by atoms with Crippen molar-refractivity contribution in [2.24, 2.45) is 0 Å². The first-order chi connectivity index (χ1) is 7.91. The van der Waals surface area contributed by atoms with E-state index in [0.29, 0.717) is 12.6 Å². The maximum absolute atomic E-state index is 12.2. The molecule has 0 spiro atoms. The van der Waals surface area contributed by atoms with Crippen LogP contribution in [0.2, 0.25) is 0 Å². The normalized spacial score (nSPS) is 25.8. The van der Waals surface area contributed by atoms with Crippen LogP contribution in [-0.2, 0) is 9.53 Å². The molecule has 1 aliphatic rings. The number of carbonyl (C=O) groups excluding carboxylic acids is 1. The molecule has 1 atom stereocenters. The number of nitrogens with zero attached hydrogens (tertiary/aromatic N) is 1. The lowest BCUT2D eigenvalue weighted by Crippen LogP contribution is -2.57. The summed E-state index contributed by atoms with van der Waals surface area (Å²) in [6, 6.07) is 0.756. The highest BCUT2D eigenvalue weighted by atomic mass is 16.5. The van der Waals surface area contributed by atoms with E-state index in [9.17, 15) is 4.79 Å². The summed E-state index contributed by atoms with van der Waals surface area (Å²) in [5, 5.41) is 3.41. The zero-order chi connectivity index (χ0) is 13.1. The Morgan fingerprint density at radius 3 is 2.47 bits per heavy atom. The van der Waals surface area contributed by atoms with Crippen LogP contribution in [-0.4, -0.2) is 48.2 Å². The fraction of sp³-hybridized carbons (Fsp3) is 0.923. The van der Waals surface area contributed by atoms with Gasteiger partial charge >= 0.3 is 5.97 Å². The molecule has 4 nitrogen and oxygen atoms in total. The van der Waals surface area contributed by atoms with E-state index in [1.54, 1.807) is 0 Å². The molecule has 0 saturated carbocycles. The van der Waals surface area contributed by atoms with Crippen LogP contribution in [0, 0.1) is 0 Å². The molecule has 1 N–H and O–H groups in total. The number of nitrogens with one attached hydrogen (secondary N) is 1. The van der Waals surface area contributed by atoms with Crippen molar-refractivity contribution >= 4 is 5.97 Å². The van der Waals surface area contributed by atoms with E-state index in [1.807, 2.05) is 6.92 Å². The third kappa shape index (κ3) is 3.42. The minimum Gasteiger partial charge on any atom is -0.465 e. The first kappa shape index (κ1) is 14.5. The summed E-state index contributed by atoms with van der Waals surface area (Å²) in [7, 11) is 0. The van der Waals surface area contributed by atoms with Gasteiger partial charge in [0, 0.05) is 25.2 Å². The van der Waals surface area contributed by atoms with Crippen LogP contribution in [0.15, 0.2) is 0 Å². The van der Waals surface area contributed by atoms with Gasteiger partial charge in [0.15, 0.2) is 0 Å². The van der Waals surface area contributed by atoms with E-state index in [2.05, 4.69) is 37.9 Å². The van der Waals surface area contributed by atoms with Crippen molar-refractivity contribution in [2.75, 3.05) is 19.7 Å². The van der Waals surface area contributed by atoms with Gasteiger partial charge in [-0.05, 0) is 41.0 Å².